The van der Waals surface area contributed by atoms with Crippen molar-refractivity contribution in [1.29, 1.82) is 0 Å². The molecule has 4 heteroatoms. The van der Waals surface area contributed by atoms with Crippen LogP contribution >= 0.6 is 0 Å². The van der Waals surface area contributed by atoms with E-state index in [1.807, 2.05) is 18.2 Å². The Kier molecular flexibility index (Phi) is 4.96. The van der Waals surface area contributed by atoms with E-state index >= 15 is 0 Å². The molecule has 16 heavy (non-hydrogen) atoms. The molecule has 0 heterocycles. The monoisotopic (exact) mass is 241 g/mol. The van der Waals surface area contributed by atoms with Gasteiger partial charge in [-0.1, -0.05) is 30.3 Å². The number of sulfone groups is 1. The minimum absolute atomic E-state index is 0.251. The molecule has 0 fully saturated rings. The van der Waals surface area contributed by atoms with E-state index in [9.17, 15) is 8.42 Å². The summed E-state index contributed by atoms with van der Waals surface area (Å²) in [6, 6.07) is 10.4. The van der Waals surface area contributed by atoms with Gasteiger partial charge in [-0.25, -0.2) is 8.42 Å². The van der Waals surface area contributed by atoms with Crippen molar-refractivity contribution in [2.45, 2.75) is 19.4 Å². The maximum absolute atomic E-state index is 10.9. The van der Waals surface area contributed by atoms with Crippen LogP contribution in [-0.2, 0) is 9.84 Å². The summed E-state index contributed by atoms with van der Waals surface area (Å²) in [5.41, 5.74) is 1.22. The average molecular weight is 241 g/mol. The van der Waals surface area contributed by atoms with Gasteiger partial charge in [-0.3, -0.25) is 0 Å². The zero-order valence-corrected chi connectivity index (χ0v) is 10.6. The highest BCUT2D eigenvalue weighted by Crippen LogP contribution is 2.10. The van der Waals surface area contributed by atoms with E-state index in [2.05, 4.69) is 24.4 Å². The van der Waals surface area contributed by atoms with E-state index in [0.717, 1.165) is 6.54 Å². The highest BCUT2D eigenvalue weighted by molar-refractivity contribution is 7.90. The fourth-order valence-corrected chi connectivity index (χ4v) is 2.18. The molecule has 0 unspecified atom stereocenters. The topological polar surface area (TPSA) is 46.2 Å². The molecule has 0 bridgehead atoms. The number of hydrogen-bond donors (Lipinski definition) is 1. The molecule has 1 N–H and O–H groups in total. The van der Waals surface area contributed by atoms with Crippen molar-refractivity contribution in [3.8, 4) is 0 Å². The zero-order chi connectivity index (χ0) is 12.0. The highest BCUT2D eigenvalue weighted by atomic mass is 32.2. The van der Waals surface area contributed by atoms with Crippen LogP contribution in [0.4, 0.5) is 0 Å². The van der Waals surface area contributed by atoms with Crippen LogP contribution in [0.25, 0.3) is 0 Å². The maximum atomic E-state index is 10.9. The number of rotatable bonds is 6. The van der Waals surface area contributed by atoms with Crippen LogP contribution in [0.3, 0.4) is 0 Å². The van der Waals surface area contributed by atoms with Gasteiger partial charge in [-0.2, -0.15) is 0 Å². The summed E-state index contributed by atoms with van der Waals surface area (Å²) in [7, 11) is -2.83. The van der Waals surface area contributed by atoms with E-state index < -0.39 is 9.84 Å². The summed E-state index contributed by atoms with van der Waals surface area (Å²) in [6.45, 7) is 2.80. The van der Waals surface area contributed by atoms with E-state index in [0.29, 0.717) is 6.42 Å². The first kappa shape index (κ1) is 13.2. The van der Waals surface area contributed by atoms with Gasteiger partial charge in [-0.15, -0.1) is 0 Å². The minimum atomic E-state index is -2.83. The summed E-state index contributed by atoms with van der Waals surface area (Å²) >= 11 is 0. The van der Waals surface area contributed by atoms with Crippen molar-refractivity contribution >= 4 is 9.84 Å². The molecule has 0 aliphatic heterocycles. The average Bonchev–Trinajstić information content (AvgIpc) is 2.24. The molecule has 90 valence electrons. The first-order valence-corrected chi connectivity index (χ1v) is 7.51. The minimum Gasteiger partial charge on any atom is -0.310 e. The Labute approximate surface area is 97.8 Å². The van der Waals surface area contributed by atoms with Crippen LogP contribution in [0.1, 0.15) is 24.9 Å². The quantitative estimate of drug-likeness (QED) is 0.772. The summed E-state index contributed by atoms with van der Waals surface area (Å²) in [6.07, 6.45) is 1.93. The summed E-state index contributed by atoms with van der Waals surface area (Å²) in [5.74, 6) is 0.251. The molecule has 1 aromatic carbocycles. The van der Waals surface area contributed by atoms with Gasteiger partial charge in [0.15, 0.2) is 0 Å². The molecule has 0 saturated heterocycles. The van der Waals surface area contributed by atoms with Gasteiger partial charge in [0.2, 0.25) is 0 Å². The molecule has 0 aliphatic rings. The van der Waals surface area contributed by atoms with Crippen LogP contribution in [0.15, 0.2) is 30.3 Å². The van der Waals surface area contributed by atoms with E-state index in [1.54, 1.807) is 0 Å². The lowest BCUT2D eigenvalue weighted by Crippen LogP contribution is -2.21. The van der Waals surface area contributed by atoms with Crippen molar-refractivity contribution in [3.63, 3.8) is 0 Å². The lowest BCUT2D eigenvalue weighted by molar-refractivity contribution is 0.562. The van der Waals surface area contributed by atoms with Crippen molar-refractivity contribution in [2.75, 3.05) is 18.6 Å². The van der Waals surface area contributed by atoms with Gasteiger partial charge in [0.05, 0.1) is 5.75 Å². The fraction of sp³-hybridized carbons (Fsp3) is 0.500. The van der Waals surface area contributed by atoms with Gasteiger partial charge < -0.3 is 5.32 Å². The Morgan fingerprint density at radius 1 is 1.25 bits per heavy atom. The van der Waals surface area contributed by atoms with Crippen LogP contribution in [-0.4, -0.2) is 27.0 Å². The largest absolute Gasteiger partial charge is 0.310 e. The first-order chi connectivity index (χ1) is 7.49. The third-order valence-corrected chi connectivity index (χ3v) is 3.47. The molecule has 0 amide bonds. The normalized spacial score (nSPS) is 13.6. The molecule has 0 spiro atoms. The predicted molar refractivity (Wildman–Crippen MR) is 67.2 cm³/mol. The molecule has 1 rings (SSSR count). The fourth-order valence-electron chi connectivity index (χ4n) is 1.51. The van der Waals surface area contributed by atoms with Gasteiger partial charge in [0, 0.05) is 12.3 Å². The van der Waals surface area contributed by atoms with E-state index in [1.165, 1.54) is 11.8 Å². The maximum Gasteiger partial charge on any atom is 0.147 e. The van der Waals surface area contributed by atoms with Crippen LogP contribution in [0, 0.1) is 0 Å². The summed E-state index contributed by atoms with van der Waals surface area (Å²) in [4.78, 5) is 0. The second-order valence-corrected chi connectivity index (χ2v) is 6.33. The van der Waals surface area contributed by atoms with Crippen molar-refractivity contribution < 1.29 is 8.42 Å². The lowest BCUT2D eigenvalue weighted by atomic mass is 10.1. The standard InChI is InChI=1S/C12H19NO2S/c1-11(12-7-4-3-5-8-12)13-9-6-10-16(2,14)15/h3-5,7-8,11,13H,6,9-10H2,1-2H3/t11-/m0/s1. The molecular formula is C12H19NO2S. The third-order valence-electron chi connectivity index (χ3n) is 2.44. The predicted octanol–water partition coefficient (Wildman–Crippen LogP) is 1.77. The zero-order valence-electron chi connectivity index (χ0n) is 9.81. The molecule has 0 radical (unpaired) electrons. The molecule has 0 aromatic heterocycles. The molecule has 1 atom stereocenters. The SMILES string of the molecule is C[C@H](NCCCS(C)(=O)=O)c1ccccc1. The van der Waals surface area contributed by atoms with Crippen LogP contribution < -0.4 is 5.32 Å². The third kappa shape index (κ3) is 5.28. The molecule has 3 nitrogen and oxygen atoms in total. The number of hydrogen-bond acceptors (Lipinski definition) is 3. The lowest BCUT2D eigenvalue weighted by Gasteiger charge is -2.13. The Morgan fingerprint density at radius 3 is 2.44 bits per heavy atom. The van der Waals surface area contributed by atoms with Gasteiger partial charge in [-0.05, 0) is 25.5 Å². The van der Waals surface area contributed by atoms with Gasteiger partial charge >= 0.3 is 0 Å². The van der Waals surface area contributed by atoms with Crippen LogP contribution in [0.2, 0.25) is 0 Å². The molecule has 0 saturated carbocycles. The van der Waals surface area contributed by atoms with E-state index in [4.69, 9.17) is 0 Å². The van der Waals surface area contributed by atoms with Crippen molar-refractivity contribution in [3.05, 3.63) is 35.9 Å². The second-order valence-electron chi connectivity index (χ2n) is 4.07. The molecular weight excluding hydrogens is 222 g/mol. The first-order valence-electron chi connectivity index (χ1n) is 5.45. The molecule has 1 aromatic rings. The number of benzene rings is 1. The Bertz CT molecular complexity index is 400. The Balaban J connectivity index is 2.29. The summed E-state index contributed by atoms with van der Waals surface area (Å²) in [5, 5.41) is 3.31. The Morgan fingerprint density at radius 2 is 1.88 bits per heavy atom. The van der Waals surface area contributed by atoms with Crippen LogP contribution in [0.5, 0.6) is 0 Å². The van der Waals surface area contributed by atoms with E-state index in [-0.39, 0.29) is 11.8 Å². The van der Waals surface area contributed by atoms with Gasteiger partial charge in [0.1, 0.15) is 9.84 Å². The van der Waals surface area contributed by atoms with Crippen molar-refractivity contribution in [2.24, 2.45) is 0 Å². The Hall–Kier alpha value is -0.870. The van der Waals surface area contributed by atoms with Crippen molar-refractivity contribution in [1.82, 2.24) is 5.32 Å². The second kappa shape index (κ2) is 6.01. The smallest absolute Gasteiger partial charge is 0.147 e. The number of nitrogens with one attached hydrogen (secondary N) is 1. The summed E-state index contributed by atoms with van der Waals surface area (Å²) < 4.78 is 21.8. The highest BCUT2D eigenvalue weighted by Gasteiger charge is 2.05. The molecule has 0 aliphatic carbocycles. The van der Waals surface area contributed by atoms with Gasteiger partial charge in [0.25, 0.3) is 0 Å².